The van der Waals surface area contributed by atoms with Gasteiger partial charge >= 0.3 is 0 Å². The van der Waals surface area contributed by atoms with Gasteiger partial charge in [-0.25, -0.2) is 0 Å². The first-order valence-electron chi connectivity index (χ1n) is 9.55. The maximum Gasteiger partial charge on any atom is 0.242 e. The Balaban J connectivity index is 2.24. The van der Waals surface area contributed by atoms with Crippen molar-refractivity contribution in [2.45, 2.75) is 89.7 Å². The van der Waals surface area contributed by atoms with E-state index in [0.717, 1.165) is 25.7 Å². The minimum absolute atomic E-state index is 0.0289. The highest BCUT2D eigenvalue weighted by molar-refractivity contribution is 8.01. The number of rotatable bonds is 11. The van der Waals surface area contributed by atoms with Gasteiger partial charge in [-0.15, -0.1) is 11.8 Å². The van der Waals surface area contributed by atoms with E-state index in [0.29, 0.717) is 30.6 Å². The number of nitrogens with zero attached hydrogens (tertiary/aromatic N) is 1. The first-order valence-corrected chi connectivity index (χ1v) is 10.5. The van der Waals surface area contributed by atoms with Gasteiger partial charge < -0.3 is 5.32 Å². The van der Waals surface area contributed by atoms with Gasteiger partial charge in [0.15, 0.2) is 0 Å². The molecule has 0 radical (unpaired) electrons. The molecule has 1 saturated heterocycles. The molecule has 1 rings (SSSR count). The number of hydrogen-bond donors (Lipinski definition) is 1. The summed E-state index contributed by atoms with van der Waals surface area (Å²) in [7, 11) is 0. The number of carbonyl (C=O) groups is 3. The van der Waals surface area contributed by atoms with Gasteiger partial charge in [0.1, 0.15) is 0 Å². The molecule has 0 spiro atoms. The third-order valence-electron chi connectivity index (χ3n) is 4.85. The SMILES string of the molecule is CCC(C)SC1CC(=O)N(CCCCCC(=O)NC(C)C(C)C)C1=O. The lowest BCUT2D eigenvalue weighted by atomic mass is 10.1. The molecule has 1 heterocycles. The van der Waals surface area contributed by atoms with E-state index in [9.17, 15) is 14.4 Å². The molecule has 0 aromatic rings. The standard InChI is InChI=1S/C19H34N2O3S/c1-6-14(4)25-16-12-18(23)21(19(16)24)11-9-7-8-10-17(22)20-15(5)13(2)3/h13-16H,6-12H2,1-5H3,(H,20,22). The average Bonchev–Trinajstić information content (AvgIpc) is 2.81. The first-order chi connectivity index (χ1) is 11.8. The molecule has 1 aliphatic heterocycles. The summed E-state index contributed by atoms with van der Waals surface area (Å²) in [5.74, 6) is 0.435. The number of amides is 3. The molecule has 0 aliphatic carbocycles. The lowest BCUT2D eigenvalue weighted by Gasteiger charge is -2.17. The van der Waals surface area contributed by atoms with Gasteiger partial charge in [-0.1, -0.05) is 34.1 Å². The van der Waals surface area contributed by atoms with Crippen molar-refractivity contribution in [3.05, 3.63) is 0 Å². The Hall–Kier alpha value is -1.04. The Morgan fingerprint density at radius 3 is 2.48 bits per heavy atom. The van der Waals surface area contributed by atoms with E-state index in [1.165, 1.54) is 4.90 Å². The molecule has 1 fully saturated rings. The maximum atomic E-state index is 12.3. The van der Waals surface area contributed by atoms with Crippen molar-refractivity contribution < 1.29 is 14.4 Å². The molecule has 1 N–H and O–H groups in total. The van der Waals surface area contributed by atoms with Crippen molar-refractivity contribution in [1.29, 1.82) is 0 Å². The van der Waals surface area contributed by atoms with Gasteiger partial charge in [-0.3, -0.25) is 19.3 Å². The highest BCUT2D eigenvalue weighted by Crippen LogP contribution is 2.29. The molecular formula is C19H34N2O3S. The fourth-order valence-corrected chi connectivity index (χ4v) is 3.83. The average molecular weight is 371 g/mol. The molecule has 5 nitrogen and oxygen atoms in total. The van der Waals surface area contributed by atoms with Crippen molar-refractivity contribution in [2.75, 3.05) is 6.54 Å². The van der Waals surface area contributed by atoms with Gasteiger partial charge in [0.05, 0.1) is 5.25 Å². The molecule has 3 unspecified atom stereocenters. The molecule has 0 aromatic heterocycles. The summed E-state index contributed by atoms with van der Waals surface area (Å²) in [5, 5.41) is 3.19. The molecule has 3 amide bonds. The Morgan fingerprint density at radius 2 is 1.88 bits per heavy atom. The molecule has 144 valence electrons. The molecule has 0 bridgehead atoms. The van der Waals surface area contributed by atoms with Crippen molar-refractivity contribution in [3.63, 3.8) is 0 Å². The smallest absolute Gasteiger partial charge is 0.242 e. The summed E-state index contributed by atoms with van der Waals surface area (Å²) in [6, 6.07) is 0.187. The fourth-order valence-electron chi connectivity index (χ4n) is 2.60. The summed E-state index contributed by atoms with van der Waals surface area (Å²) in [6.45, 7) is 10.9. The van der Waals surface area contributed by atoms with Crippen LogP contribution in [0.5, 0.6) is 0 Å². The van der Waals surface area contributed by atoms with Crippen molar-refractivity contribution in [2.24, 2.45) is 5.92 Å². The number of carbonyl (C=O) groups excluding carboxylic acids is 3. The summed E-state index contributed by atoms with van der Waals surface area (Å²) in [4.78, 5) is 37.6. The predicted octanol–water partition coefficient (Wildman–Crippen LogP) is 3.37. The van der Waals surface area contributed by atoms with Crippen LogP contribution in [0.4, 0.5) is 0 Å². The van der Waals surface area contributed by atoms with Crippen LogP contribution >= 0.6 is 11.8 Å². The molecule has 0 saturated carbocycles. The van der Waals surface area contributed by atoms with Gasteiger partial charge in [0.25, 0.3) is 0 Å². The van der Waals surface area contributed by atoms with Crippen LogP contribution in [0.25, 0.3) is 0 Å². The van der Waals surface area contributed by atoms with E-state index < -0.39 is 0 Å². The lowest BCUT2D eigenvalue weighted by Crippen LogP contribution is -2.36. The van der Waals surface area contributed by atoms with Gasteiger partial charge in [0, 0.05) is 30.7 Å². The van der Waals surface area contributed by atoms with Crippen LogP contribution < -0.4 is 5.32 Å². The Bertz CT molecular complexity index is 468. The van der Waals surface area contributed by atoms with Crippen LogP contribution in [-0.4, -0.2) is 45.7 Å². The molecule has 6 heteroatoms. The van der Waals surface area contributed by atoms with Crippen LogP contribution in [-0.2, 0) is 14.4 Å². The number of imide groups is 1. The molecule has 1 aliphatic rings. The molecule has 0 aromatic carbocycles. The Morgan fingerprint density at radius 1 is 1.20 bits per heavy atom. The van der Waals surface area contributed by atoms with Crippen molar-refractivity contribution in [3.8, 4) is 0 Å². The lowest BCUT2D eigenvalue weighted by molar-refractivity contribution is -0.138. The topological polar surface area (TPSA) is 66.5 Å². The number of hydrogen-bond acceptors (Lipinski definition) is 4. The minimum atomic E-state index is -0.203. The van der Waals surface area contributed by atoms with E-state index in [-0.39, 0.29) is 29.0 Å². The van der Waals surface area contributed by atoms with E-state index in [1.807, 2.05) is 6.92 Å². The number of thioether (sulfide) groups is 1. The van der Waals surface area contributed by atoms with Crippen molar-refractivity contribution >= 4 is 29.5 Å². The monoisotopic (exact) mass is 370 g/mol. The quantitative estimate of drug-likeness (QED) is 0.447. The second-order valence-electron chi connectivity index (χ2n) is 7.34. The zero-order chi connectivity index (χ0) is 19.0. The predicted molar refractivity (Wildman–Crippen MR) is 103 cm³/mol. The van der Waals surface area contributed by atoms with Crippen LogP contribution in [0.15, 0.2) is 0 Å². The third kappa shape index (κ3) is 7.38. The summed E-state index contributed by atoms with van der Waals surface area (Å²) < 4.78 is 0. The largest absolute Gasteiger partial charge is 0.353 e. The number of nitrogens with one attached hydrogen (secondary N) is 1. The van der Waals surface area contributed by atoms with Gasteiger partial charge in [-0.2, -0.15) is 0 Å². The maximum absolute atomic E-state index is 12.3. The summed E-state index contributed by atoms with van der Waals surface area (Å²) in [5.41, 5.74) is 0. The molecular weight excluding hydrogens is 336 g/mol. The van der Waals surface area contributed by atoms with Crippen LogP contribution in [0, 0.1) is 5.92 Å². The van der Waals surface area contributed by atoms with E-state index in [1.54, 1.807) is 11.8 Å². The van der Waals surface area contributed by atoms with Crippen LogP contribution in [0.1, 0.15) is 73.1 Å². The summed E-state index contributed by atoms with van der Waals surface area (Å²) >= 11 is 1.61. The fraction of sp³-hybridized carbons (Fsp3) is 0.842. The second kappa shape index (κ2) is 10.8. The highest BCUT2D eigenvalue weighted by Gasteiger charge is 2.38. The first kappa shape index (κ1) is 22.0. The Labute approximate surface area is 156 Å². The second-order valence-corrected chi connectivity index (χ2v) is 8.99. The number of unbranched alkanes of at least 4 members (excludes halogenated alkanes) is 2. The molecule has 3 atom stereocenters. The number of likely N-dealkylation sites (tertiary alicyclic amines) is 1. The normalized spacial score (nSPS) is 20.2. The minimum Gasteiger partial charge on any atom is -0.353 e. The highest BCUT2D eigenvalue weighted by atomic mass is 32.2. The zero-order valence-corrected chi connectivity index (χ0v) is 17.2. The van der Waals surface area contributed by atoms with Crippen molar-refractivity contribution in [1.82, 2.24) is 10.2 Å². The van der Waals surface area contributed by atoms with Crippen LogP contribution in [0.3, 0.4) is 0 Å². The Kier molecular flexibility index (Phi) is 9.54. The van der Waals surface area contributed by atoms with E-state index in [4.69, 9.17) is 0 Å². The van der Waals surface area contributed by atoms with Gasteiger partial charge in [0.2, 0.25) is 17.7 Å². The zero-order valence-electron chi connectivity index (χ0n) is 16.3. The molecule has 25 heavy (non-hydrogen) atoms. The van der Waals surface area contributed by atoms with Gasteiger partial charge in [-0.05, 0) is 32.1 Å². The third-order valence-corrected chi connectivity index (χ3v) is 6.34. The van der Waals surface area contributed by atoms with Crippen LogP contribution in [0.2, 0.25) is 0 Å². The summed E-state index contributed by atoms with van der Waals surface area (Å²) in [6.07, 6.45) is 4.25. The van der Waals surface area contributed by atoms with E-state index in [2.05, 4.69) is 33.0 Å². The van der Waals surface area contributed by atoms with E-state index >= 15 is 0 Å².